The predicted octanol–water partition coefficient (Wildman–Crippen LogP) is 4.99. The van der Waals surface area contributed by atoms with Gasteiger partial charge in [0, 0.05) is 23.3 Å². The van der Waals surface area contributed by atoms with Crippen LogP contribution in [0.4, 0.5) is 4.39 Å². The van der Waals surface area contributed by atoms with Crippen LogP contribution in [-0.4, -0.2) is 22.7 Å². The molecule has 1 aromatic heterocycles. The van der Waals surface area contributed by atoms with Crippen molar-refractivity contribution in [1.29, 1.82) is 5.26 Å². The van der Waals surface area contributed by atoms with E-state index in [2.05, 4.69) is 6.07 Å². The molecule has 1 heterocycles. The van der Waals surface area contributed by atoms with Crippen molar-refractivity contribution in [3.8, 4) is 17.5 Å². The normalized spacial score (nSPS) is 11.1. The van der Waals surface area contributed by atoms with Crippen molar-refractivity contribution in [2.24, 2.45) is 0 Å². The zero-order chi connectivity index (χ0) is 20.4. The number of esters is 1. The fraction of sp³-hybridized carbons (Fsp3) is 0.273. The van der Waals surface area contributed by atoms with Gasteiger partial charge in [-0.05, 0) is 58.0 Å². The second kappa shape index (κ2) is 7.73. The monoisotopic (exact) mass is 380 g/mol. The molecule has 0 fully saturated rings. The SMILES string of the molecule is CC(C)OC(=O)c1ccc(-n2cc(C#N)c3cc(OC(C)C)c(F)cc32)cc1. The molecule has 0 saturated heterocycles. The maximum Gasteiger partial charge on any atom is 0.338 e. The van der Waals surface area contributed by atoms with Crippen LogP contribution in [0.25, 0.3) is 16.6 Å². The molecular weight excluding hydrogens is 359 g/mol. The van der Waals surface area contributed by atoms with Crippen molar-refractivity contribution in [2.75, 3.05) is 0 Å². The van der Waals surface area contributed by atoms with Gasteiger partial charge in [-0.2, -0.15) is 5.26 Å². The second-order valence-corrected chi connectivity index (χ2v) is 6.99. The summed E-state index contributed by atoms with van der Waals surface area (Å²) in [6, 6.07) is 11.8. The topological polar surface area (TPSA) is 64.2 Å². The highest BCUT2D eigenvalue weighted by Crippen LogP contribution is 2.31. The number of rotatable bonds is 5. The number of hydrogen-bond acceptors (Lipinski definition) is 4. The van der Waals surface area contributed by atoms with Gasteiger partial charge in [0.1, 0.15) is 6.07 Å². The molecule has 0 bridgehead atoms. The molecule has 0 aliphatic heterocycles. The van der Waals surface area contributed by atoms with Crippen molar-refractivity contribution < 1.29 is 18.7 Å². The number of carbonyl (C=O) groups excluding carboxylic acids is 1. The van der Waals surface area contributed by atoms with Crippen LogP contribution < -0.4 is 4.74 Å². The quantitative estimate of drug-likeness (QED) is 0.585. The van der Waals surface area contributed by atoms with Crippen LogP contribution in [0.15, 0.2) is 42.6 Å². The van der Waals surface area contributed by atoms with E-state index >= 15 is 0 Å². The Kier molecular flexibility index (Phi) is 5.36. The molecule has 5 nitrogen and oxygen atoms in total. The van der Waals surface area contributed by atoms with E-state index in [1.54, 1.807) is 54.9 Å². The van der Waals surface area contributed by atoms with Crippen LogP contribution in [0, 0.1) is 17.1 Å². The van der Waals surface area contributed by atoms with Gasteiger partial charge < -0.3 is 14.0 Å². The first-order valence-corrected chi connectivity index (χ1v) is 9.03. The van der Waals surface area contributed by atoms with Crippen LogP contribution >= 0.6 is 0 Å². The van der Waals surface area contributed by atoms with Crippen LogP contribution in [-0.2, 0) is 4.74 Å². The maximum absolute atomic E-state index is 14.5. The van der Waals surface area contributed by atoms with Gasteiger partial charge >= 0.3 is 5.97 Å². The molecule has 2 aromatic carbocycles. The van der Waals surface area contributed by atoms with Gasteiger partial charge in [0.25, 0.3) is 0 Å². The number of halogens is 1. The second-order valence-electron chi connectivity index (χ2n) is 6.99. The average Bonchev–Trinajstić information content (AvgIpc) is 2.98. The number of hydrogen-bond donors (Lipinski definition) is 0. The van der Waals surface area contributed by atoms with Gasteiger partial charge in [-0.1, -0.05) is 0 Å². The van der Waals surface area contributed by atoms with E-state index in [-0.39, 0.29) is 18.0 Å². The summed E-state index contributed by atoms with van der Waals surface area (Å²) in [5.74, 6) is -0.788. The number of nitriles is 1. The molecule has 0 unspecified atom stereocenters. The highest BCUT2D eigenvalue weighted by molar-refractivity contribution is 5.91. The lowest BCUT2D eigenvalue weighted by Crippen LogP contribution is -2.11. The van der Waals surface area contributed by atoms with Crippen LogP contribution in [0.2, 0.25) is 0 Å². The molecule has 0 radical (unpaired) electrons. The van der Waals surface area contributed by atoms with Gasteiger partial charge in [0.2, 0.25) is 0 Å². The first-order valence-electron chi connectivity index (χ1n) is 9.03. The number of ether oxygens (including phenoxy) is 2. The predicted molar refractivity (Wildman–Crippen MR) is 104 cm³/mol. The Labute approximate surface area is 162 Å². The van der Waals surface area contributed by atoms with Crippen molar-refractivity contribution in [3.63, 3.8) is 0 Å². The van der Waals surface area contributed by atoms with Gasteiger partial charge in [0.05, 0.1) is 28.9 Å². The third-order valence-corrected chi connectivity index (χ3v) is 4.07. The Morgan fingerprint density at radius 3 is 2.36 bits per heavy atom. The molecule has 0 saturated carbocycles. The molecule has 0 N–H and O–H groups in total. The van der Waals surface area contributed by atoms with E-state index in [1.165, 1.54) is 6.07 Å². The lowest BCUT2D eigenvalue weighted by Gasteiger charge is -2.12. The van der Waals surface area contributed by atoms with E-state index in [0.29, 0.717) is 27.7 Å². The number of carbonyl (C=O) groups is 1. The van der Waals surface area contributed by atoms with Gasteiger partial charge in [-0.15, -0.1) is 0 Å². The summed E-state index contributed by atoms with van der Waals surface area (Å²) < 4.78 is 26.9. The van der Waals surface area contributed by atoms with Crippen LogP contribution in [0.1, 0.15) is 43.6 Å². The summed E-state index contributed by atoms with van der Waals surface area (Å²) in [5, 5.41) is 10.1. The molecule has 0 spiro atoms. The lowest BCUT2D eigenvalue weighted by atomic mass is 10.1. The maximum atomic E-state index is 14.5. The summed E-state index contributed by atoms with van der Waals surface area (Å²) in [6.07, 6.45) is 1.26. The molecule has 0 amide bonds. The van der Waals surface area contributed by atoms with Crippen molar-refractivity contribution in [1.82, 2.24) is 4.57 Å². The zero-order valence-electron chi connectivity index (χ0n) is 16.2. The molecule has 144 valence electrons. The minimum absolute atomic E-state index is 0.114. The Hall–Kier alpha value is -3.33. The molecular formula is C22H21FN2O3. The number of aromatic nitrogens is 1. The minimum atomic E-state index is -0.498. The summed E-state index contributed by atoms with van der Waals surface area (Å²) in [4.78, 5) is 12.0. The number of fused-ring (bicyclic) bond motifs is 1. The van der Waals surface area contributed by atoms with E-state index in [4.69, 9.17) is 9.47 Å². The van der Waals surface area contributed by atoms with E-state index in [1.807, 2.05) is 13.8 Å². The van der Waals surface area contributed by atoms with Crippen molar-refractivity contribution in [2.45, 2.75) is 39.9 Å². The van der Waals surface area contributed by atoms with E-state index in [0.717, 1.165) is 0 Å². The van der Waals surface area contributed by atoms with Crippen molar-refractivity contribution in [3.05, 3.63) is 59.5 Å². The third kappa shape index (κ3) is 3.84. The first-order chi connectivity index (χ1) is 13.3. The highest BCUT2D eigenvalue weighted by Gasteiger charge is 2.16. The zero-order valence-corrected chi connectivity index (χ0v) is 16.2. The Balaban J connectivity index is 2.05. The van der Waals surface area contributed by atoms with Gasteiger partial charge in [-0.25, -0.2) is 9.18 Å². The molecule has 3 rings (SSSR count). The first kappa shape index (κ1) is 19.4. The summed E-state index contributed by atoms with van der Waals surface area (Å²) in [5.41, 5.74) is 2.08. The fourth-order valence-corrected chi connectivity index (χ4v) is 2.91. The Morgan fingerprint density at radius 1 is 1.11 bits per heavy atom. The van der Waals surface area contributed by atoms with Gasteiger partial charge in [-0.3, -0.25) is 0 Å². The minimum Gasteiger partial charge on any atom is -0.488 e. The summed E-state index contributed by atoms with van der Waals surface area (Å²) in [6.45, 7) is 7.19. The fourth-order valence-electron chi connectivity index (χ4n) is 2.91. The van der Waals surface area contributed by atoms with Gasteiger partial charge in [0.15, 0.2) is 11.6 Å². The molecule has 28 heavy (non-hydrogen) atoms. The molecule has 0 atom stereocenters. The van der Waals surface area contributed by atoms with Crippen LogP contribution in [0.5, 0.6) is 5.75 Å². The molecule has 3 aromatic rings. The van der Waals surface area contributed by atoms with Crippen molar-refractivity contribution >= 4 is 16.9 Å². The number of nitrogens with zero attached hydrogens (tertiary/aromatic N) is 2. The largest absolute Gasteiger partial charge is 0.488 e. The van der Waals surface area contributed by atoms with Crippen LogP contribution in [0.3, 0.4) is 0 Å². The average molecular weight is 380 g/mol. The summed E-state index contributed by atoms with van der Waals surface area (Å²) in [7, 11) is 0. The third-order valence-electron chi connectivity index (χ3n) is 4.07. The standard InChI is InChI=1S/C22H21FN2O3/c1-13(2)27-21-9-18-16(11-24)12-25(20(18)10-19(21)23)17-7-5-15(6-8-17)22(26)28-14(3)4/h5-10,12-14H,1-4H3. The number of benzene rings is 2. The Bertz CT molecular complexity index is 1060. The smallest absolute Gasteiger partial charge is 0.338 e. The molecule has 0 aliphatic carbocycles. The van der Waals surface area contributed by atoms with E-state index in [9.17, 15) is 14.4 Å². The molecule has 6 heteroatoms. The lowest BCUT2D eigenvalue weighted by molar-refractivity contribution is 0.0378. The highest BCUT2D eigenvalue weighted by atomic mass is 19.1. The Morgan fingerprint density at radius 2 is 1.79 bits per heavy atom. The summed E-state index contributed by atoms with van der Waals surface area (Å²) >= 11 is 0. The van der Waals surface area contributed by atoms with E-state index < -0.39 is 11.8 Å². The molecule has 0 aliphatic rings.